The van der Waals surface area contributed by atoms with Gasteiger partial charge in [-0.25, -0.2) is 0 Å². The third-order valence-electron chi connectivity index (χ3n) is 11.3. The van der Waals surface area contributed by atoms with Crippen LogP contribution in [0, 0.1) is 13.8 Å². The van der Waals surface area contributed by atoms with Gasteiger partial charge in [0.15, 0.2) is 11.6 Å². The van der Waals surface area contributed by atoms with Gasteiger partial charge in [0.1, 0.15) is 35.2 Å². The fraction of sp³-hybridized carbons (Fsp3) is 0.312. The summed E-state index contributed by atoms with van der Waals surface area (Å²) in [7, 11) is 3.24. The monoisotopic (exact) mass is 927 g/mol. The van der Waals surface area contributed by atoms with E-state index in [4.69, 9.17) is 31.1 Å². The second-order valence-electron chi connectivity index (χ2n) is 15.7. The van der Waals surface area contributed by atoms with Crippen LogP contribution in [0.4, 0.5) is 0 Å². The molecular weight excluding hydrogens is 878 g/mol. The lowest BCUT2D eigenvalue weighted by Crippen LogP contribution is -2.29. The summed E-state index contributed by atoms with van der Waals surface area (Å²) in [5, 5.41) is 27.1. The number of unbranched alkanes of at least 4 members (excludes halogenated alkanes) is 1. The van der Waals surface area contributed by atoms with E-state index in [0.717, 1.165) is 38.5 Å². The van der Waals surface area contributed by atoms with Gasteiger partial charge in [-0.05, 0) is 94.3 Å². The molecule has 0 saturated heterocycles. The molecule has 8 rings (SSSR count). The number of nitrogens with zero attached hydrogens (tertiary/aromatic N) is 8. The number of nitrogens with one attached hydrogen (secondary N) is 3. The maximum Gasteiger partial charge on any atom is 0.230 e. The number of carbonyl (C=O) groups excluding carboxylic acids is 3. The van der Waals surface area contributed by atoms with Crippen LogP contribution in [0.15, 0.2) is 99.8 Å². The van der Waals surface area contributed by atoms with Crippen molar-refractivity contribution in [3.05, 3.63) is 136 Å². The number of rotatable bonds is 17. The van der Waals surface area contributed by atoms with Crippen LogP contribution >= 0.6 is 23.4 Å². The van der Waals surface area contributed by atoms with Crippen LogP contribution in [0.2, 0.25) is 5.02 Å². The number of halogens is 1. The Morgan fingerprint density at radius 2 is 1.11 bits per heavy atom. The minimum atomic E-state index is -0.611. The molecule has 340 valence electrons. The predicted octanol–water partition coefficient (Wildman–Crippen LogP) is 6.64. The van der Waals surface area contributed by atoms with Crippen LogP contribution in [0.5, 0.6) is 11.5 Å². The van der Waals surface area contributed by atoms with E-state index in [2.05, 4.69) is 36.3 Å². The van der Waals surface area contributed by atoms with Gasteiger partial charge in [0.2, 0.25) is 17.7 Å². The number of fused-ring (bicyclic) bond motifs is 6. The lowest BCUT2D eigenvalue weighted by molar-refractivity contribution is -0.122. The molecular formula is C48H50ClN11O5S. The number of hydrogen-bond acceptors (Lipinski definition) is 12. The molecule has 0 radical (unpaired) electrons. The zero-order chi connectivity index (χ0) is 46.3. The van der Waals surface area contributed by atoms with Gasteiger partial charge in [-0.15, -0.1) is 32.2 Å². The van der Waals surface area contributed by atoms with Gasteiger partial charge in [-0.2, -0.15) is 0 Å². The minimum Gasteiger partial charge on any atom is -0.497 e. The van der Waals surface area contributed by atoms with Crippen molar-refractivity contribution < 1.29 is 23.9 Å². The van der Waals surface area contributed by atoms with Crippen LogP contribution in [0.3, 0.4) is 0 Å². The summed E-state index contributed by atoms with van der Waals surface area (Å²) in [5.41, 5.74) is 6.40. The summed E-state index contributed by atoms with van der Waals surface area (Å²) in [6.45, 7) is 7.06. The van der Waals surface area contributed by atoms with E-state index >= 15 is 0 Å². The number of aliphatic imine (C=N–C) groups is 2. The highest BCUT2D eigenvalue weighted by Crippen LogP contribution is 2.36. The van der Waals surface area contributed by atoms with Crippen LogP contribution in [0.25, 0.3) is 11.4 Å². The normalized spacial score (nSPS) is 14.8. The Morgan fingerprint density at radius 3 is 1.59 bits per heavy atom. The predicted molar refractivity (Wildman–Crippen MR) is 254 cm³/mol. The minimum absolute atomic E-state index is 0.0626. The topological polar surface area (TPSA) is 192 Å². The molecule has 16 nitrogen and oxygen atoms in total. The summed E-state index contributed by atoms with van der Waals surface area (Å²) >= 11 is 7.67. The van der Waals surface area contributed by atoms with Gasteiger partial charge in [-0.1, -0.05) is 35.9 Å². The van der Waals surface area contributed by atoms with E-state index in [1.165, 1.54) is 11.8 Å². The molecule has 2 aliphatic heterocycles. The second-order valence-corrected chi connectivity index (χ2v) is 17.2. The number of ether oxygens (including phenoxy) is 2. The Kier molecular flexibility index (Phi) is 14.2. The zero-order valence-electron chi connectivity index (χ0n) is 37.3. The first-order valence-corrected chi connectivity index (χ1v) is 23.1. The standard InChI is InChI=1S/C48H50ClN11O5S/c1-6-50-42(61)25-38-47-57-55-28(2)59(47)41-20-16-34(65-5)24-37(41)46(53-38)31-11-17-35(18-12-31)66-27-44(63)52-22-8-7-21-51-43(62)26-39-48-58-56-29(3)60(48)40-19-15-33(64-4)23-36(40)45(54-39)30-9-13-32(49)14-10-30/h9-20,23-24,38-39H,6-8,21-22,25-27H2,1-5H3,(H,50,61)(H,51,62)(H,52,63)/t38-,39-/m0/s1. The number of aromatic nitrogens is 6. The summed E-state index contributed by atoms with van der Waals surface area (Å²) in [6, 6.07) is 25.7. The van der Waals surface area contributed by atoms with Crippen molar-refractivity contribution in [1.29, 1.82) is 0 Å². The highest BCUT2D eigenvalue weighted by Gasteiger charge is 2.32. The highest BCUT2D eigenvalue weighted by molar-refractivity contribution is 8.00. The van der Waals surface area contributed by atoms with E-state index in [0.29, 0.717) is 83.7 Å². The molecule has 4 aromatic carbocycles. The number of methoxy groups -OCH3 is 2. The molecule has 3 N–H and O–H groups in total. The fourth-order valence-electron chi connectivity index (χ4n) is 8.05. The van der Waals surface area contributed by atoms with Crippen molar-refractivity contribution in [1.82, 2.24) is 45.5 Å². The third-order valence-corrected chi connectivity index (χ3v) is 12.5. The van der Waals surface area contributed by atoms with Gasteiger partial charge in [-0.3, -0.25) is 33.5 Å². The van der Waals surface area contributed by atoms with Gasteiger partial charge in [0.05, 0.1) is 55.6 Å². The Bertz CT molecular complexity index is 2820. The first-order chi connectivity index (χ1) is 32.0. The average molecular weight is 929 g/mol. The quantitative estimate of drug-likeness (QED) is 0.0660. The molecule has 0 unspecified atom stereocenters. The van der Waals surface area contributed by atoms with Gasteiger partial charge in [0.25, 0.3) is 0 Å². The van der Waals surface area contributed by atoms with E-state index in [1.54, 1.807) is 14.2 Å². The van der Waals surface area contributed by atoms with Crippen molar-refractivity contribution in [3.8, 4) is 22.9 Å². The molecule has 6 aromatic rings. The highest BCUT2D eigenvalue weighted by atomic mass is 35.5. The Labute approximate surface area is 391 Å². The third kappa shape index (κ3) is 10.0. The number of carbonyl (C=O) groups is 3. The van der Waals surface area contributed by atoms with Crippen molar-refractivity contribution in [2.24, 2.45) is 9.98 Å². The van der Waals surface area contributed by atoms with Crippen LogP contribution in [-0.4, -0.2) is 98.3 Å². The molecule has 3 amide bonds. The largest absolute Gasteiger partial charge is 0.497 e. The summed E-state index contributed by atoms with van der Waals surface area (Å²) in [5.74, 6) is 3.70. The number of amides is 3. The van der Waals surface area contributed by atoms with Crippen LogP contribution < -0.4 is 25.4 Å². The molecule has 2 atom stereocenters. The fourth-order valence-corrected chi connectivity index (χ4v) is 8.91. The summed E-state index contributed by atoms with van der Waals surface area (Å²) in [6.07, 6.45) is 1.53. The molecule has 4 heterocycles. The Hall–Kier alpha value is -6.85. The van der Waals surface area contributed by atoms with Gasteiger partial charge in [0, 0.05) is 51.8 Å². The first kappa shape index (κ1) is 45.7. The molecule has 0 spiro atoms. The van der Waals surface area contributed by atoms with Crippen molar-refractivity contribution in [2.45, 2.75) is 63.4 Å². The summed E-state index contributed by atoms with van der Waals surface area (Å²) < 4.78 is 15.1. The molecule has 18 heteroatoms. The number of benzene rings is 4. The summed E-state index contributed by atoms with van der Waals surface area (Å²) in [4.78, 5) is 50.3. The maximum atomic E-state index is 13.4. The second kappa shape index (κ2) is 20.5. The molecule has 2 aliphatic rings. The van der Waals surface area contributed by atoms with E-state index < -0.39 is 12.1 Å². The number of aryl methyl sites for hydroxylation is 2. The number of hydrogen-bond donors (Lipinski definition) is 3. The average Bonchev–Trinajstić information content (AvgIpc) is 3.83. The van der Waals surface area contributed by atoms with Crippen molar-refractivity contribution >= 4 is 52.5 Å². The van der Waals surface area contributed by atoms with E-state index in [-0.39, 0.29) is 36.3 Å². The molecule has 2 aromatic heterocycles. The SMILES string of the molecule is CCNC(=O)C[C@@H]1N=C(c2ccc(SCC(=O)NCCCCNC(=O)C[C@@H]3N=C(c4ccc(Cl)cc4)c4cc(OC)ccc4-n4c(C)nnc43)cc2)c2cc(OC)ccc2-n2c(C)nnc21. The molecule has 0 fully saturated rings. The van der Waals surface area contributed by atoms with Gasteiger partial charge >= 0.3 is 0 Å². The van der Waals surface area contributed by atoms with Gasteiger partial charge < -0.3 is 25.4 Å². The number of thioether (sulfide) groups is 1. The van der Waals surface area contributed by atoms with Crippen molar-refractivity contribution in [3.63, 3.8) is 0 Å². The maximum absolute atomic E-state index is 13.4. The van der Waals surface area contributed by atoms with Crippen molar-refractivity contribution in [2.75, 3.05) is 39.6 Å². The smallest absolute Gasteiger partial charge is 0.230 e. The zero-order valence-corrected chi connectivity index (χ0v) is 38.9. The Morgan fingerprint density at radius 1 is 0.636 bits per heavy atom. The lowest BCUT2D eigenvalue weighted by Gasteiger charge is -2.14. The van der Waals surface area contributed by atoms with E-state index in [9.17, 15) is 14.4 Å². The molecule has 0 saturated carbocycles. The Balaban J connectivity index is 0.848. The lowest BCUT2D eigenvalue weighted by atomic mass is 10.00. The van der Waals surface area contributed by atoms with Crippen LogP contribution in [-0.2, 0) is 14.4 Å². The van der Waals surface area contributed by atoms with Crippen LogP contribution in [0.1, 0.15) is 90.2 Å². The molecule has 0 bridgehead atoms. The molecule has 66 heavy (non-hydrogen) atoms. The molecule has 0 aliphatic carbocycles. The first-order valence-electron chi connectivity index (χ1n) is 21.7. The van der Waals surface area contributed by atoms with E-state index in [1.807, 2.05) is 115 Å².